The summed E-state index contributed by atoms with van der Waals surface area (Å²) in [6.45, 7) is 12.3. The summed E-state index contributed by atoms with van der Waals surface area (Å²) in [5, 5.41) is 3.63. The molecule has 2 aromatic carbocycles. The molecule has 0 radical (unpaired) electrons. The van der Waals surface area contributed by atoms with Crippen LogP contribution in [0, 0.1) is 5.41 Å². The predicted molar refractivity (Wildman–Crippen MR) is 130 cm³/mol. The van der Waals surface area contributed by atoms with E-state index in [1.54, 1.807) is 13.8 Å². The molecule has 0 unspecified atom stereocenters. The summed E-state index contributed by atoms with van der Waals surface area (Å²) >= 11 is 0. The zero-order valence-corrected chi connectivity index (χ0v) is 20.2. The first kappa shape index (κ1) is 23.9. The van der Waals surface area contributed by atoms with Crippen LogP contribution < -0.4 is 0 Å². The van der Waals surface area contributed by atoms with Crippen LogP contribution in [0.1, 0.15) is 83.9 Å². The minimum absolute atomic E-state index is 0.0145. The molecule has 1 aliphatic carbocycles. The number of benzene rings is 2. The van der Waals surface area contributed by atoms with Gasteiger partial charge in [0.05, 0.1) is 11.6 Å². The fraction of sp³-hybridized carbons (Fsp3) is 0.464. The Morgan fingerprint density at radius 3 is 2.22 bits per heavy atom. The number of oxime groups is 1. The van der Waals surface area contributed by atoms with Gasteiger partial charge in [0.25, 0.3) is 0 Å². The van der Waals surface area contributed by atoms with Crippen LogP contribution in [0.5, 0.6) is 0 Å². The largest absolute Gasteiger partial charge is 0.323 e. The number of carbonyl (C=O) groups excluding carboxylic acids is 2. The standard InChI is InChI=1S/C28H35NO3/c1-7-15-28(16-8-2)23-12-10-9-11-21(23)22-14-13-20(17-24(22)28)27(5,6)25(31)26(3,4)18-29-32-19-30/h9-14,17-19H,7-8,15-16H2,1-6H3/b29-18+. The van der Waals surface area contributed by atoms with Gasteiger partial charge in [0.2, 0.25) is 0 Å². The second kappa shape index (κ2) is 9.01. The molecule has 4 nitrogen and oxygen atoms in total. The quantitative estimate of drug-likeness (QED) is 0.184. The van der Waals surface area contributed by atoms with Crippen LogP contribution in [0.25, 0.3) is 11.1 Å². The summed E-state index contributed by atoms with van der Waals surface area (Å²) in [5.41, 5.74) is 4.74. The summed E-state index contributed by atoms with van der Waals surface area (Å²) in [7, 11) is 0. The number of hydrogen-bond donors (Lipinski definition) is 0. The lowest BCUT2D eigenvalue weighted by atomic mass is 9.67. The summed E-state index contributed by atoms with van der Waals surface area (Å²) in [6, 6.07) is 15.3. The number of carbonyl (C=O) groups is 2. The van der Waals surface area contributed by atoms with Crippen molar-refractivity contribution in [2.45, 2.75) is 78.1 Å². The molecule has 0 fully saturated rings. The van der Waals surface area contributed by atoms with Gasteiger partial charge >= 0.3 is 6.47 Å². The van der Waals surface area contributed by atoms with E-state index in [0.717, 1.165) is 31.2 Å². The van der Waals surface area contributed by atoms with E-state index in [-0.39, 0.29) is 17.7 Å². The minimum Gasteiger partial charge on any atom is -0.322 e. The molecule has 0 aliphatic heterocycles. The summed E-state index contributed by atoms with van der Waals surface area (Å²) < 4.78 is 0. The SMILES string of the molecule is CCCC1(CCC)c2ccccc2-c2ccc(C(C)(C)C(=O)C(C)(C)/C=N/OC=O)cc21. The number of rotatable bonds is 10. The van der Waals surface area contributed by atoms with Crippen molar-refractivity contribution in [2.24, 2.45) is 10.6 Å². The van der Waals surface area contributed by atoms with Crippen molar-refractivity contribution in [1.82, 2.24) is 0 Å². The molecule has 3 rings (SSSR count). The Bertz CT molecular complexity index is 1030. The molecule has 4 heteroatoms. The van der Waals surface area contributed by atoms with Gasteiger partial charge in [-0.1, -0.05) is 74.3 Å². The van der Waals surface area contributed by atoms with Crippen LogP contribution in [0.3, 0.4) is 0 Å². The Labute approximate surface area is 192 Å². The average molecular weight is 434 g/mol. The van der Waals surface area contributed by atoms with Gasteiger partial charge in [-0.05, 0) is 68.4 Å². The van der Waals surface area contributed by atoms with Crippen molar-refractivity contribution in [2.75, 3.05) is 0 Å². The van der Waals surface area contributed by atoms with E-state index in [1.807, 2.05) is 13.8 Å². The van der Waals surface area contributed by atoms with Gasteiger partial charge in [-0.3, -0.25) is 9.59 Å². The Morgan fingerprint density at radius 1 is 0.969 bits per heavy atom. The first-order valence-electron chi connectivity index (χ1n) is 11.6. The van der Waals surface area contributed by atoms with E-state index >= 15 is 0 Å². The Morgan fingerprint density at radius 2 is 1.59 bits per heavy atom. The normalized spacial score (nSPS) is 14.8. The maximum Gasteiger partial charge on any atom is 0.323 e. The van der Waals surface area contributed by atoms with Crippen molar-refractivity contribution in [3.63, 3.8) is 0 Å². The van der Waals surface area contributed by atoms with Crippen molar-refractivity contribution in [3.05, 3.63) is 59.2 Å². The van der Waals surface area contributed by atoms with Crippen LogP contribution in [-0.2, 0) is 25.3 Å². The van der Waals surface area contributed by atoms with E-state index in [9.17, 15) is 9.59 Å². The molecule has 0 atom stereocenters. The number of nitrogens with zero attached hydrogens (tertiary/aromatic N) is 1. The highest BCUT2D eigenvalue weighted by Gasteiger charge is 2.44. The van der Waals surface area contributed by atoms with Crippen molar-refractivity contribution in [1.29, 1.82) is 0 Å². The van der Waals surface area contributed by atoms with Gasteiger partial charge < -0.3 is 4.84 Å². The van der Waals surface area contributed by atoms with Crippen LogP contribution in [0.15, 0.2) is 47.6 Å². The third kappa shape index (κ3) is 3.92. The monoisotopic (exact) mass is 433 g/mol. The van der Waals surface area contributed by atoms with Gasteiger partial charge in [-0.25, -0.2) is 0 Å². The topological polar surface area (TPSA) is 55.7 Å². The molecule has 0 N–H and O–H groups in total. The lowest BCUT2D eigenvalue weighted by molar-refractivity contribution is -0.130. The summed E-state index contributed by atoms with van der Waals surface area (Å²) in [6.07, 6.45) is 5.78. The van der Waals surface area contributed by atoms with Crippen molar-refractivity contribution in [3.8, 4) is 11.1 Å². The lowest BCUT2D eigenvalue weighted by Crippen LogP contribution is -2.41. The van der Waals surface area contributed by atoms with Crippen molar-refractivity contribution < 1.29 is 14.4 Å². The van der Waals surface area contributed by atoms with E-state index in [4.69, 9.17) is 0 Å². The Kier molecular flexibility index (Phi) is 6.73. The molecule has 0 heterocycles. The lowest BCUT2D eigenvalue weighted by Gasteiger charge is -2.35. The molecule has 0 amide bonds. The summed E-state index contributed by atoms with van der Waals surface area (Å²) in [4.78, 5) is 28.5. The van der Waals surface area contributed by atoms with E-state index in [0.29, 0.717) is 0 Å². The smallest absolute Gasteiger partial charge is 0.322 e. The highest BCUT2D eigenvalue weighted by molar-refractivity contribution is 6.04. The maximum absolute atomic E-state index is 13.6. The first-order valence-corrected chi connectivity index (χ1v) is 11.6. The zero-order valence-electron chi connectivity index (χ0n) is 20.2. The summed E-state index contributed by atoms with van der Waals surface area (Å²) in [5.74, 6) is 0.0234. The Hall–Kier alpha value is -2.75. The predicted octanol–water partition coefficient (Wildman–Crippen LogP) is 6.59. The van der Waals surface area contributed by atoms with Crippen LogP contribution in [-0.4, -0.2) is 18.5 Å². The van der Waals surface area contributed by atoms with Crippen molar-refractivity contribution >= 4 is 18.5 Å². The van der Waals surface area contributed by atoms with Crippen LogP contribution >= 0.6 is 0 Å². The fourth-order valence-corrected chi connectivity index (χ4v) is 5.54. The highest BCUT2D eigenvalue weighted by Crippen LogP contribution is 2.54. The molecule has 1 aliphatic rings. The number of hydrogen-bond acceptors (Lipinski definition) is 4. The maximum atomic E-state index is 13.6. The van der Waals surface area contributed by atoms with Crippen LogP contribution in [0.4, 0.5) is 0 Å². The molecule has 32 heavy (non-hydrogen) atoms. The number of ketones is 1. The molecular weight excluding hydrogens is 398 g/mol. The molecule has 2 aromatic rings. The van der Waals surface area contributed by atoms with Gasteiger partial charge in [-0.15, -0.1) is 0 Å². The first-order chi connectivity index (χ1) is 15.2. The number of fused-ring (bicyclic) bond motifs is 3. The molecule has 0 aromatic heterocycles. The highest BCUT2D eigenvalue weighted by atomic mass is 16.7. The van der Waals surface area contributed by atoms with E-state index < -0.39 is 10.8 Å². The van der Waals surface area contributed by atoms with Gasteiger partial charge in [0, 0.05) is 10.8 Å². The van der Waals surface area contributed by atoms with Gasteiger partial charge in [0.1, 0.15) is 0 Å². The molecule has 0 bridgehead atoms. The zero-order chi connectivity index (χ0) is 23.6. The molecule has 0 saturated heterocycles. The second-order valence-corrected chi connectivity index (χ2v) is 10.0. The molecule has 0 saturated carbocycles. The third-order valence-corrected chi connectivity index (χ3v) is 6.98. The average Bonchev–Trinajstić information content (AvgIpc) is 3.03. The van der Waals surface area contributed by atoms with Crippen LogP contribution in [0.2, 0.25) is 0 Å². The van der Waals surface area contributed by atoms with Gasteiger partial charge in [-0.2, -0.15) is 0 Å². The molecule has 170 valence electrons. The minimum atomic E-state index is -0.877. The molecule has 0 spiro atoms. The molecular formula is C28H35NO3. The second-order valence-electron chi connectivity index (χ2n) is 10.0. The van der Waals surface area contributed by atoms with Gasteiger partial charge in [0.15, 0.2) is 5.78 Å². The van der Waals surface area contributed by atoms with E-state index in [1.165, 1.54) is 28.5 Å². The fourth-order valence-electron chi connectivity index (χ4n) is 5.54. The Balaban J connectivity index is 2.12. The number of Topliss-reactive ketones (excluding diaryl/α,β-unsaturated/α-hetero) is 1. The third-order valence-electron chi connectivity index (χ3n) is 6.98. The van der Waals surface area contributed by atoms with E-state index in [2.05, 4.69) is 66.3 Å².